The van der Waals surface area contributed by atoms with Gasteiger partial charge in [0.05, 0.1) is 17.8 Å². The average Bonchev–Trinajstić information content (AvgIpc) is 2.91. The summed E-state index contributed by atoms with van der Waals surface area (Å²) in [5.41, 5.74) is 2.45. The van der Waals surface area contributed by atoms with E-state index in [0.29, 0.717) is 5.69 Å². The second-order valence-electron chi connectivity index (χ2n) is 10.1. The first-order chi connectivity index (χ1) is 18.2. The van der Waals surface area contributed by atoms with E-state index in [-0.39, 0.29) is 24.8 Å². The Hall–Kier alpha value is -3.24. The number of carbonyl (C=O) groups excluding carboxylic acids is 1. The summed E-state index contributed by atoms with van der Waals surface area (Å²) in [4.78, 5) is 24.6. The lowest BCUT2D eigenvalue weighted by Gasteiger charge is -2.40. The molecular weight excluding hydrogens is 495 g/mol. The van der Waals surface area contributed by atoms with Crippen LogP contribution in [-0.4, -0.2) is 100 Å². The zero-order valence-corrected chi connectivity index (χ0v) is 21.9. The molecule has 5 rings (SSSR count). The fraction of sp³-hybridized carbons (Fsp3) is 0.464. The van der Waals surface area contributed by atoms with Gasteiger partial charge < -0.3 is 29.2 Å². The summed E-state index contributed by atoms with van der Waals surface area (Å²) in [6.45, 7) is 7.37. The van der Waals surface area contributed by atoms with Gasteiger partial charge in [0.2, 0.25) is 5.76 Å². The van der Waals surface area contributed by atoms with Gasteiger partial charge in [-0.2, -0.15) is 13.2 Å². The zero-order valence-electron chi connectivity index (χ0n) is 21.9. The van der Waals surface area contributed by atoms with E-state index in [9.17, 15) is 18.0 Å². The molecule has 0 N–H and O–H groups in total. The highest BCUT2D eigenvalue weighted by Crippen LogP contribution is 2.36. The molecule has 0 unspecified atom stereocenters. The summed E-state index contributed by atoms with van der Waals surface area (Å²) >= 11 is 0. The van der Waals surface area contributed by atoms with Crippen molar-refractivity contribution in [2.75, 3.05) is 89.4 Å². The van der Waals surface area contributed by atoms with Gasteiger partial charge in [-0.25, -0.2) is 0 Å². The highest BCUT2D eigenvalue weighted by molar-refractivity contribution is 6.09. The van der Waals surface area contributed by atoms with Crippen molar-refractivity contribution in [2.24, 2.45) is 0 Å². The number of morpholine rings is 1. The number of ether oxygens (including phenoxy) is 1. The van der Waals surface area contributed by atoms with Gasteiger partial charge in [-0.05, 0) is 44.4 Å². The highest BCUT2D eigenvalue weighted by atomic mass is 19.4. The molecule has 3 aliphatic rings. The predicted molar refractivity (Wildman–Crippen MR) is 142 cm³/mol. The maximum Gasteiger partial charge on any atom is 0.416 e. The van der Waals surface area contributed by atoms with Crippen molar-refractivity contribution >= 4 is 23.0 Å². The molecule has 204 valence electrons. The Balaban J connectivity index is 1.55. The second-order valence-corrected chi connectivity index (χ2v) is 10.1. The Kier molecular flexibility index (Phi) is 7.54. The predicted octanol–water partition coefficient (Wildman–Crippen LogP) is 3.44. The SMILES string of the molecule is CN1CCN(C(=C2OCCN(c3ccc(C(F)(F)F)cc3)C2=O)c2ccccc2N2CCN(C)CC2)CC1. The lowest BCUT2D eigenvalue weighted by Crippen LogP contribution is -2.47. The second kappa shape index (κ2) is 10.9. The third kappa shape index (κ3) is 5.47. The topological polar surface area (TPSA) is 42.5 Å². The summed E-state index contributed by atoms with van der Waals surface area (Å²) in [5.74, 6) is -0.0830. The summed E-state index contributed by atoms with van der Waals surface area (Å²) in [6, 6.07) is 12.9. The summed E-state index contributed by atoms with van der Waals surface area (Å²) in [6.07, 6.45) is -4.43. The molecule has 3 aliphatic heterocycles. The van der Waals surface area contributed by atoms with Crippen LogP contribution in [0.4, 0.5) is 24.5 Å². The zero-order chi connectivity index (χ0) is 26.9. The van der Waals surface area contributed by atoms with Gasteiger partial charge in [0, 0.05) is 69.3 Å². The molecular formula is C28H34F3N5O2. The standard InChI is InChI=1S/C28H34F3N5O2/c1-32-11-15-34(16-12-32)24-6-4-3-5-23(24)25(35-17-13-33(2)14-18-35)26-27(37)36(19-20-38-26)22-9-7-21(8-10-22)28(29,30)31/h3-10H,11-20H2,1-2H3. The van der Waals surface area contributed by atoms with Crippen molar-refractivity contribution < 1.29 is 22.7 Å². The molecule has 0 saturated carbocycles. The minimum atomic E-state index is -4.43. The summed E-state index contributed by atoms with van der Waals surface area (Å²) in [7, 11) is 4.20. The Morgan fingerprint density at radius 3 is 2.03 bits per heavy atom. The number of halogens is 3. The molecule has 38 heavy (non-hydrogen) atoms. The van der Waals surface area contributed by atoms with Crippen molar-refractivity contribution in [2.45, 2.75) is 6.18 Å². The van der Waals surface area contributed by atoms with E-state index < -0.39 is 11.7 Å². The van der Waals surface area contributed by atoms with E-state index in [0.717, 1.165) is 81.4 Å². The van der Waals surface area contributed by atoms with E-state index in [2.05, 4.69) is 39.8 Å². The Morgan fingerprint density at radius 2 is 1.39 bits per heavy atom. The molecule has 0 radical (unpaired) electrons. The van der Waals surface area contributed by atoms with Crippen LogP contribution in [0.5, 0.6) is 0 Å². The number of benzene rings is 2. The van der Waals surface area contributed by atoms with Crippen molar-refractivity contribution in [1.29, 1.82) is 0 Å². The number of alkyl halides is 3. The van der Waals surface area contributed by atoms with Gasteiger partial charge in [-0.1, -0.05) is 18.2 Å². The van der Waals surface area contributed by atoms with Gasteiger partial charge in [0.1, 0.15) is 6.61 Å². The number of likely N-dealkylation sites (N-methyl/N-ethyl adjacent to an activating group) is 2. The maximum absolute atomic E-state index is 13.9. The lowest BCUT2D eigenvalue weighted by molar-refractivity contribution is -0.137. The van der Waals surface area contributed by atoms with Gasteiger partial charge in [-0.15, -0.1) is 0 Å². The van der Waals surface area contributed by atoms with Gasteiger partial charge >= 0.3 is 6.18 Å². The van der Waals surface area contributed by atoms with E-state index in [4.69, 9.17) is 4.74 Å². The van der Waals surface area contributed by atoms with Crippen LogP contribution >= 0.6 is 0 Å². The van der Waals surface area contributed by atoms with Crippen LogP contribution in [0.2, 0.25) is 0 Å². The number of hydrogen-bond donors (Lipinski definition) is 0. The largest absolute Gasteiger partial charge is 0.484 e. The molecule has 2 aromatic carbocycles. The van der Waals surface area contributed by atoms with Crippen LogP contribution in [0.25, 0.3) is 5.70 Å². The fourth-order valence-electron chi connectivity index (χ4n) is 5.23. The van der Waals surface area contributed by atoms with Crippen LogP contribution in [0.1, 0.15) is 11.1 Å². The van der Waals surface area contributed by atoms with Gasteiger partial charge in [-0.3, -0.25) is 4.79 Å². The maximum atomic E-state index is 13.9. The third-order valence-electron chi connectivity index (χ3n) is 7.54. The first-order valence-electron chi connectivity index (χ1n) is 13.0. The normalized spacial score (nSPS) is 21.5. The first-order valence-corrected chi connectivity index (χ1v) is 13.0. The van der Waals surface area contributed by atoms with E-state index >= 15 is 0 Å². The lowest BCUT2D eigenvalue weighted by atomic mass is 10.0. The van der Waals surface area contributed by atoms with Crippen molar-refractivity contribution in [1.82, 2.24) is 14.7 Å². The molecule has 0 aromatic heterocycles. The smallest absolute Gasteiger partial charge is 0.416 e. The molecule has 0 atom stereocenters. The Labute approximate surface area is 221 Å². The minimum absolute atomic E-state index is 0.252. The molecule has 1 amide bonds. The van der Waals surface area contributed by atoms with E-state index in [1.54, 1.807) is 0 Å². The average molecular weight is 530 g/mol. The Morgan fingerprint density at radius 1 is 0.789 bits per heavy atom. The molecule has 0 spiro atoms. The van der Waals surface area contributed by atoms with E-state index in [1.807, 2.05) is 18.2 Å². The van der Waals surface area contributed by atoms with Crippen LogP contribution in [0.3, 0.4) is 0 Å². The molecule has 10 heteroatoms. The fourth-order valence-corrected chi connectivity index (χ4v) is 5.23. The molecule has 2 aromatic rings. The van der Waals surface area contributed by atoms with Crippen LogP contribution in [0, 0.1) is 0 Å². The Bertz CT molecular complexity index is 1170. The third-order valence-corrected chi connectivity index (χ3v) is 7.54. The number of hydrogen-bond acceptors (Lipinski definition) is 6. The molecule has 0 aliphatic carbocycles. The number of nitrogens with zero attached hydrogens (tertiary/aromatic N) is 5. The summed E-state index contributed by atoms with van der Waals surface area (Å²) in [5, 5.41) is 0. The van der Waals surface area contributed by atoms with Crippen LogP contribution < -0.4 is 9.80 Å². The summed E-state index contributed by atoms with van der Waals surface area (Å²) < 4.78 is 45.5. The number of piperazine rings is 2. The molecule has 3 saturated heterocycles. The number of amides is 1. The van der Waals surface area contributed by atoms with Crippen molar-refractivity contribution in [3.05, 3.63) is 65.4 Å². The first kappa shape index (κ1) is 26.4. The molecule has 7 nitrogen and oxygen atoms in total. The highest BCUT2D eigenvalue weighted by Gasteiger charge is 2.35. The van der Waals surface area contributed by atoms with E-state index in [1.165, 1.54) is 17.0 Å². The number of para-hydroxylation sites is 1. The molecule has 3 heterocycles. The van der Waals surface area contributed by atoms with Crippen LogP contribution in [0.15, 0.2) is 54.3 Å². The number of carbonyl (C=O) groups is 1. The number of rotatable bonds is 4. The molecule has 3 fully saturated rings. The van der Waals surface area contributed by atoms with Gasteiger partial charge in [0.15, 0.2) is 0 Å². The minimum Gasteiger partial charge on any atom is -0.484 e. The van der Waals surface area contributed by atoms with Gasteiger partial charge in [0.25, 0.3) is 5.91 Å². The molecule has 0 bridgehead atoms. The van der Waals surface area contributed by atoms with Crippen LogP contribution in [-0.2, 0) is 15.7 Å². The quantitative estimate of drug-likeness (QED) is 0.566. The van der Waals surface area contributed by atoms with Crippen molar-refractivity contribution in [3.8, 4) is 0 Å². The number of anilines is 2. The van der Waals surface area contributed by atoms with Crippen molar-refractivity contribution in [3.63, 3.8) is 0 Å². The monoisotopic (exact) mass is 529 g/mol.